The first-order chi connectivity index (χ1) is 9.19. The van der Waals surface area contributed by atoms with Gasteiger partial charge >= 0.3 is 5.97 Å². The van der Waals surface area contributed by atoms with Crippen LogP contribution in [0.5, 0.6) is 0 Å². The lowest BCUT2D eigenvalue weighted by Gasteiger charge is -2.04. The van der Waals surface area contributed by atoms with Crippen LogP contribution in [0.25, 0.3) is 11.3 Å². The molecule has 0 atom stereocenters. The van der Waals surface area contributed by atoms with Gasteiger partial charge in [0.25, 0.3) is 0 Å². The highest BCUT2D eigenvalue weighted by atomic mass is 79.9. The molecule has 100 valence electrons. The minimum Gasteiger partial charge on any atom is -0.462 e. The molecule has 1 aromatic carbocycles. The van der Waals surface area contributed by atoms with Gasteiger partial charge in [-0.2, -0.15) is 0 Å². The van der Waals surface area contributed by atoms with Crippen molar-refractivity contribution >= 4 is 33.5 Å². The fourth-order valence-electron chi connectivity index (χ4n) is 1.67. The molecule has 0 saturated carbocycles. The van der Waals surface area contributed by atoms with Gasteiger partial charge in [0.1, 0.15) is 11.3 Å². The first kappa shape index (κ1) is 14.1. The van der Waals surface area contributed by atoms with Gasteiger partial charge in [0, 0.05) is 5.56 Å². The standard InChI is InChI=1S/C13H11BrClNO3/c1-2-18-13(17)11-10(7-14)19-16-12(11)8-5-3-4-6-9(8)15/h3-6H,2,7H2,1H3. The molecule has 0 aliphatic rings. The predicted octanol–water partition coefficient (Wildman–Crippen LogP) is 4.07. The summed E-state index contributed by atoms with van der Waals surface area (Å²) in [6.07, 6.45) is 0. The Balaban J connectivity index is 2.55. The molecule has 19 heavy (non-hydrogen) atoms. The van der Waals surface area contributed by atoms with Crippen LogP contribution in [0.1, 0.15) is 23.0 Å². The van der Waals surface area contributed by atoms with E-state index in [4.69, 9.17) is 20.9 Å². The van der Waals surface area contributed by atoms with Gasteiger partial charge in [0.05, 0.1) is 17.0 Å². The molecule has 0 bridgehead atoms. The van der Waals surface area contributed by atoms with E-state index in [0.717, 1.165) is 0 Å². The van der Waals surface area contributed by atoms with Crippen molar-refractivity contribution in [2.75, 3.05) is 6.61 Å². The normalized spacial score (nSPS) is 10.5. The maximum absolute atomic E-state index is 12.0. The molecule has 2 rings (SSSR count). The Labute approximate surface area is 123 Å². The van der Waals surface area contributed by atoms with Crippen LogP contribution in [-0.2, 0) is 10.1 Å². The van der Waals surface area contributed by atoms with Gasteiger partial charge in [0.2, 0.25) is 0 Å². The van der Waals surface area contributed by atoms with Crippen molar-refractivity contribution in [2.24, 2.45) is 0 Å². The lowest BCUT2D eigenvalue weighted by Crippen LogP contribution is -2.07. The van der Waals surface area contributed by atoms with Gasteiger partial charge in [-0.15, -0.1) is 0 Å². The van der Waals surface area contributed by atoms with Crippen LogP contribution in [-0.4, -0.2) is 17.7 Å². The van der Waals surface area contributed by atoms with Crippen LogP contribution >= 0.6 is 27.5 Å². The third-order valence-electron chi connectivity index (χ3n) is 2.49. The van der Waals surface area contributed by atoms with E-state index in [1.165, 1.54) is 0 Å². The molecule has 0 fully saturated rings. The molecule has 0 radical (unpaired) electrons. The average molecular weight is 345 g/mol. The molecule has 0 N–H and O–H groups in total. The van der Waals surface area contributed by atoms with Crippen molar-refractivity contribution in [1.29, 1.82) is 0 Å². The van der Waals surface area contributed by atoms with Crippen molar-refractivity contribution in [3.8, 4) is 11.3 Å². The van der Waals surface area contributed by atoms with Crippen molar-refractivity contribution in [3.63, 3.8) is 0 Å². The van der Waals surface area contributed by atoms with Gasteiger partial charge in [-0.25, -0.2) is 4.79 Å². The zero-order valence-electron chi connectivity index (χ0n) is 10.2. The highest BCUT2D eigenvalue weighted by Crippen LogP contribution is 2.32. The minimum absolute atomic E-state index is 0.285. The lowest BCUT2D eigenvalue weighted by atomic mass is 10.1. The van der Waals surface area contributed by atoms with Gasteiger partial charge in [-0.05, 0) is 13.0 Å². The first-order valence-electron chi connectivity index (χ1n) is 5.65. The number of nitrogens with zero attached hydrogens (tertiary/aromatic N) is 1. The zero-order valence-corrected chi connectivity index (χ0v) is 12.5. The molecule has 0 aliphatic carbocycles. The number of ether oxygens (including phenoxy) is 1. The number of benzene rings is 1. The monoisotopic (exact) mass is 343 g/mol. The van der Waals surface area contributed by atoms with Crippen molar-refractivity contribution in [3.05, 3.63) is 40.6 Å². The maximum Gasteiger partial charge on any atom is 0.344 e. The van der Waals surface area contributed by atoms with Crippen LogP contribution in [0.15, 0.2) is 28.8 Å². The van der Waals surface area contributed by atoms with Gasteiger partial charge < -0.3 is 9.26 Å². The van der Waals surface area contributed by atoms with Crippen molar-refractivity contribution in [2.45, 2.75) is 12.3 Å². The highest BCUT2D eigenvalue weighted by Gasteiger charge is 2.25. The van der Waals surface area contributed by atoms with E-state index >= 15 is 0 Å². The quantitative estimate of drug-likeness (QED) is 0.620. The number of carbonyl (C=O) groups excluding carboxylic acids is 1. The maximum atomic E-state index is 12.0. The Morgan fingerprint density at radius 1 is 1.47 bits per heavy atom. The second-order valence-corrected chi connectivity index (χ2v) is 4.63. The second kappa shape index (κ2) is 6.21. The number of aromatic nitrogens is 1. The number of alkyl halides is 1. The molecule has 4 nitrogen and oxygen atoms in total. The van der Waals surface area contributed by atoms with E-state index in [1.807, 2.05) is 6.07 Å². The third-order valence-corrected chi connectivity index (χ3v) is 3.33. The number of esters is 1. The molecular weight excluding hydrogens is 334 g/mol. The number of carbonyl (C=O) groups is 1. The Bertz CT molecular complexity index is 597. The number of hydrogen-bond donors (Lipinski definition) is 0. The van der Waals surface area contributed by atoms with Crippen LogP contribution < -0.4 is 0 Å². The van der Waals surface area contributed by atoms with Gasteiger partial charge in [0.15, 0.2) is 5.76 Å². The summed E-state index contributed by atoms with van der Waals surface area (Å²) in [5.74, 6) is -0.0403. The molecule has 0 unspecified atom stereocenters. The molecule has 1 heterocycles. The van der Waals surface area contributed by atoms with Crippen LogP contribution in [0, 0.1) is 0 Å². The topological polar surface area (TPSA) is 52.3 Å². The van der Waals surface area contributed by atoms with Crippen LogP contribution in [0.2, 0.25) is 5.02 Å². The molecule has 0 spiro atoms. The Morgan fingerprint density at radius 3 is 2.84 bits per heavy atom. The Hall–Kier alpha value is -1.33. The summed E-state index contributed by atoms with van der Waals surface area (Å²) >= 11 is 9.38. The lowest BCUT2D eigenvalue weighted by molar-refractivity contribution is 0.0525. The molecule has 6 heteroatoms. The van der Waals surface area contributed by atoms with Crippen LogP contribution in [0.4, 0.5) is 0 Å². The van der Waals surface area contributed by atoms with E-state index in [-0.39, 0.29) is 6.61 Å². The van der Waals surface area contributed by atoms with Crippen molar-refractivity contribution < 1.29 is 14.1 Å². The summed E-state index contributed by atoms with van der Waals surface area (Å²) in [6, 6.07) is 7.13. The fourth-order valence-corrected chi connectivity index (χ4v) is 2.27. The molecule has 1 aromatic heterocycles. The van der Waals surface area contributed by atoms with Gasteiger partial charge in [-0.1, -0.05) is 50.9 Å². The number of halogens is 2. The fraction of sp³-hybridized carbons (Fsp3) is 0.231. The van der Waals surface area contributed by atoms with E-state index < -0.39 is 5.97 Å². The second-order valence-electron chi connectivity index (χ2n) is 3.66. The van der Waals surface area contributed by atoms with E-state index in [0.29, 0.717) is 32.9 Å². The van der Waals surface area contributed by atoms with E-state index in [1.54, 1.807) is 25.1 Å². The first-order valence-corrected chi connectivity index (χ1v) is 7.15. The molecule has 0 saturated heterocycles. The van der Waals surface area contributed by atoms with Crippen LogP contribution in [0.3, 0.4) is 0 Å². The summed E-state index contributed by atoms with van der Waals surface area (Å²) in [7, 11) is 0. The smallest absolute Gasteiger partial charge is 0.344 e. The SMILES string of the molecule is CCOC(=O)c1c(-c2ccccc2Cl)noc1CBr. The summed E-state index contributed by atoms with van der Waals surface area (Å²) in [5.41, 5.74) is 1.36. The molecule has 0 aliphatic heterocycles. The molecule has 0 amide bonds. The summed E-state index contributed by atoms with van der Waals surface area (Å²) < 4.78 is 10.2. The highest BCUT2D eigenvalue weighted by molar-refractivity contribution is 9.08. The number of rotatable bonds is 4. The minimum atomic E-state index is -0.465. The van der Waals surface area contributed by atoms with E-state index in [2.05, 4.69) is 21.1 Å². The zero-order chi connectivity index (χ0) is 13.8. The van der Waals surface area contributed by atoms with E-state index in [9.17, 15) is 4.79 Å². The third kappa shape index (κ3) is 2.82. The van der Waals surface area contributed by atoms with Gasteiger partial charge in [-0.3, -0.25) is 0 Å². The summed E-state index contributed by atoms with van der Waals surface area (Å²) in [6.45, 7) is 2.03. The average Bonchev–Trinajstić information content (AvgIpc) is 2.83. The predicted molar refractivity (Wildman–Crippen MR) is 75.5 cm³/mol. The summed E-state index contributed by atoms with van der Waals surface area (Å²) in [4.78, 5) is 12.0. The number of hydrogen-bond acceptors (Lipinski definition) is 4. The molecule has 2 aromatic rings. The molecular formula is C13H11BrClNO3. The Morgan fingerprint density at radius 2 is 2.21 bits per heavy atom. The van der Waals surface area contributed by atoms with Crippen molar-refractivity contribution in [1.82, 2.24) is 5.16 Å². The Kier molecular flexibility index (Phi) is 4.61. The summed E-state index contributed by atoms with van der Waals surface area (Å²) in [5, 5.41) is 4.81. The largest absolute Gasteiger partial charge is 0.462 e.